The summed E-state index contributed by atoms with van der Waals surface area (Å²) in [7, 11) is 0. The van der Waals surface area contributed by atoms with Gasteiger partial charge in [0.2, 0.25) is 0 Å². The standard InChI is InChI=1S/C12H17N3O3S/c1-8(2)5-6-19-11-4-3-9(12(13)14-16)7-10(11)15(17)18/h3-4,7-8,16H,5-6H2,1-2H3,(H2,13,14). The SMILES string of the molecule is CC(C)CCSc1ccc(/C(N)=N/O)cc1[N+](=O)[O-]. The molecule has 0 fully saturated rings. The van der Waals surface area contributed by atoms with Gasteiger partial charge in [-0.25, -0.2) is 0 Å². The maximum Gasteiger partial charge on any atom is 0.283 e. The summed E-state index contributed by atoms with van der Waals surface area (Å²) in [5.74, 6) is 1.24. The van der Waals surface area contributed by atoms with Gasteiger partial charge >= 0.3 is 0 Å². The first-order chi connectivity index (χ1) is 8.95. The van der Waals surface area contributed by atoms with Crippen LogP contribution in [0.25, 0.3) is 0 Å². The Morgan fingerprint density at radius 1 is 1.58 bits per heavy atom. The third kappa shape index (κ3) is 4.44. The molecule has 0 radical (unpaired) electrons. The van der Waals surface area contributed by atoms with Crippen molar-refractivity contribution >= 4 is 23.3 Å². The Kier molecular flexibility index (Phi) is 5.62. The molecule has 104 valence electrons. The minimum absolute atomic E-state index is 0.0159. The van der Waals surface area contributed by atoms with Crippen LogP contribution in [0.2, 0.25) is 0 Å². The zero-order chi connectivity index (χ0) is 14.4. The van der Waals surface area contributed by atoms with E-state index in [1.807, 2.05) is 0 Å². The van der Waals surface area contributed by atoms with Gasteiger partial charge in [-0.15, -0.1) is 11.8 Å². The van der Waals surface area contributed by atoms with Crippen LogP contribution in [0.4, 0.5) is 5.69 Å². The van der Waals surface area contributed by atoms with E-state index in [0.717, 1.165) is 12.2 Å². The lowest BCUT2D eigenvalue weighted by atomic mass is 10.2. The largest absolute Gasteiger partial charge is 0.409 e. The third-order valence-corrected chi connectivity index (χ3v) is 3.61. The van der Waals surface area contributed by atoms with Crippen molar-refractivity contribution in [3.8, 4) is 0 Å². The lowest BCUT2D eigenvalue weighted by Crippen LogP contribution is -2.13. The highest BCUT2D eigenvalue weighted by Gasteiger charge is 2.16. The Morgan fingerprint density at radius 3 is 2.79 bits per heavy atom. The van der Waals surface area contributed by atoms with E-state index in [4.69, 9.17) is 10.9 Å². The molecule has 0 heterocycles. The first-order valence-corrected chi connectivity index (χ1v) is 6.83. The average Bonchev–Trinajstić information content (AvgIpc) is 2.37. The number of amidine groups is 1. The number of benzene rings is 1. The molecule has 19 heavy (non-hydrogen) atoms. The molecule has 1 rings (SSSR count). The Balaban J connectivity index is 2.95. The zero-order valence-corrected chi connectivity index (χ0v) is 11.7. The first-order valence-electron chi connectivity index (χ1n) is 5.84. The molecule has 0 bridgehead atoms. The molecular weight excluding hydrogens is 266 g/mol. The normalized spacial score (nSPS) is 11.8. The van der Waals surface area contributed by atoms with Crippen LogP contribution in [0.5, 0.6) is 0 Å². The van der Waals surface area contributed by atoms with E-state index in [0.29, 0.717) is 16.4 Å². The second-order valence-electron chi connectivity index (χ2n) is 4.46. The molecular formula is C12H17N3O3S. The second-order valence-corrected chi connectivity index (χ2v) is 5.59. The number of hydrogen-bond acceptors (Lipinski definition) is 5. The number of hydrogen-bond donors (Lipinski definition) is 2. The molecule has 0 aliphatic carbocycles. The molecule has 1 aromatic carbocycles. The van der Waals surface area contributed by atoms with Crippen LogP contribution in [-0.4, -0.2) is 21.7 Å². The fourth-order valence-corrected chi connectivity index (χ4v) is 2.66. The highest BCUT2D eigenvalue weighted by molar-refractivity contribution is 7.99. The summed E-state index contributed by atoms with van der Waals surface area (Å²) in [4.78, 5) is 11.2. The average molecular weight is 283 g/mol. The lowest BCUT2D eigenvalue weighted by molar-refractivity contribution is -0.387. The van der Waals surface area contributed by atoms with Gasteiger partial charge in [0.05, 0.1) is 9.82 Å². The Bertz CT molecular complexity index is 489. The maximum absolute atomic E-state index is 11.0. The molecule has 0 aliphatic rings. The van der Waals surface area contributed by atoms with Crippen molar-refractivity contribution in [3.63, 3.8) is 0 Å². The minimum atomic E-state index is -0.453. The van der Waals surface area contributed by atoms with Crippen molar-refractivity contribution in [1.82, 2.24) is 0 Å². The van der Waals surface area contributed by atoms with Crippen molar-refractivity contribution in [3.05, 3.63) is 33.9 Å². The van der Waals surface area contributed by atoms with E-state index >= 15 is 0 Å². The summed E-state index contributed by atoms with van der Waals surface area (Å²) < 4.78 is 0. The van der Waals surface area contributed by atoms with Crippen molar-refractivity contribution in [2.24, 2.45) is 16.8 Å². The van der Waals surface area contributed by atoms with Crippen LogP contribution < -0.4 is 5.73 Å². The summed E-state index contributed by atoms with van der Waals surface area (Å²) in [5, 5.41) is 22.4. The van der Waals surface area contributed by atoms with Crippen molar-refractivity contribution in [2.75, 3.05) is 5.75 Å². The van der Waals surface area contributed by atoms with Gasteiger partial charge in [-0.1, -0.05) is 19.0 Å². The number of nitro benzene ring substituents is 1. The number of nitrogens with two attached hydrogens (primary N) is 1. The van der Waals surface area contributed by atoms with E-state index in [1.165, 1.54) is 17.8 Å². The zero-order valence-electron chi connectivity index (χ0n) is 10.9. The number of thioether (sulfide) groups is 1. The lowest BCUT2D eigenvalue weighted by Gasteiger charge is -2.06. The molecule has 6 nitrogen and oxygen atoms in total. The monoisotopic (exact) mass is 283 g/mol. The topological polar surface area (TPSA) is 102 Å². The Hall–Kier alpha value is -1.76. The van der Waals surface area contributed by atoms with Crippen molar-refractivity contribution < 1.29 is 10.1 Å². The molecule has 3 N–H and O–H groups in total. The Labute approximate surface area is 115 Å². The predicted octanol–water partition coefficient (Wildman–Crippen LogP) is 2.83. The molecule has 0 saturated heterocycles. The fourth-order valence-electron chi connectivity index (χ4n) is 1.40. The molecule has 1 aromatic rings. The summed E-state index contributed by atoms with van der Waals surface area (Å²) in [6.07, 6.45) is 0.990. The van der Waals surface area contributed by atoms with E-state index < -0.39 is 4.92 Å². The maximum atomic E-state index is 11.0. The molecule has 0 spiro atoms. The smallest absolute Gasteiger partial charge is 0.283 e. The number of nitrogens with zero attached hydrogens (tertiary/aromatic N) is 2. The molecule has 0 aliphatic heterocycles. The van der Waals surface area contributed by atoms with Gasteiger partial charge in [-0.3, -0.25) is 10.1 Å². The highest BCUT2D eigenvalue weighted by atomic mass is 32.2. The van der Waals surface area contributed by atoms with Crippen LogP contribution in [0.3, 0.4) is 0 Å². The number of oxime groups is 1. The molecule has 0 amide bonds. The van der Waals surface area contributed by atoms with Gasteiger partial charge in [0.1, 0.15) is 0 Å². The second kappa shape index (κ2) is 6.98. The summed E-state index contributed by atoms with van der Waals surface area (Å²) in [6.45, 7) is 4.22. The Morgan fingerprint density at radius 2 is 2.26 bits per heavy atom. The van der Waals surface area contributed by atoms with Crippen LogP contribution in [-0.2, 0) is 0 Å². The fraction of sp³-hybridized carbons (Fsp3) is 0.417. The number of nitro groups is 1. The van der Waals surface area contributed by atoms with Crippen molar-refractivity contribution in [1.29, 1.82) is 0 Å². The molecule has 0 saturated carbocycles. The van der Waals surface area contributed by atoms with Crippen LogP contribution in [0.15, 0.2) is 28.3 Å². The quantitative estimate of drug-likeness (QED) is 0.209. The van der Waals surface area contributed by atoms with Crippen LogP contribution in [0.1, 0.15) is 25.8 Å². The summed E-state index contributed by atoms with van der Waals surface area (Å²) in [6, 6.07) is 4.57. The van der Waals surface area contributed by atoms with E-state index in [-0.39, 0.29) is 11.5 Å². The van der Waals surface area contributed by atoms with Crippen LogP contribution in [0, 0.1) is 16.0 Å². The highest BCUT2D eigenvalue weighted by Crippen LogP contribution is 2.31. The summed E-state index contributed by atoms with van der Waals surface area (Å²) in [5.41, 5.74) is 5.74. The van der Waals surface area contributed by atoms with E-state index in [1.54, 1.807) is 12.1 Å². The number of rotatable bonds is 6. The minimum Gasteiger partial charge on any atom is -0.409 e. The van der Waals surface area contributed by atoms with Gasteiger partial charge in [-0.2, -0.15) is 0 Å². The predicted molar refractivity (Wildman–Crippen MR) is 75.8 cm³/mol. The first kappa shape index (κ1) is 15.3. The van der Waals surface area contributed by atoms with E-state index in [9.17, 15) is 10.1 Å². The van der Waals surface area contributed by atoms with Gasteiger partial charge in [-0.05, 0) is 30.2 Å². The van der Waals surface area contributed by atoms with Gasteiger partial charge < -0.3 is 10.9 Å². The van der Waals surface area contributed by atoms with Gasteiger partial charge in [0, 0.05) is 11.6 Å². The van der Waals surface area contributed by atoms with Gasteiger partial charge in [0.25, 0.3) is 5.69 Å². The molecule has 0 aromatic heterocycles. The van der Waals surface area contributed by atoms with E-state index in [2.05, 4.69) is 19.0 Å². The van der Waals surface area contributed by atoms with Gasteiger partial charge in [0.15, 0.2) is 5.84 Å². The summed E-state index contributed by atoms with van der Waals surface area (Å²) >= 11 is 1.45. The molecule has 7 heteroatoms. The molecule has 0 atom stereocenters. The van der Waals surface area contributed by atoms with Crippen molar-refractivity contribution in [2.45, 2.75) is 25.2 Å². The third-order valence-electron chi connectivity index (χ3n) is 2.51. The molecule has 0 unspecified atom stereocenters. The van der Waals surface area contributed by atoms with Crippen LogP contribution >= 0.6 is 11.8 Å².